The van der Waals surface area contributed by atoms with Crippen molar-refractivity contribution in [2.75, 3.05) is 57.9 Å². The lowest BCUT2D eigenvalue weighted by atomic mass is 9.94. The molecular formula is C48H97N3O5Si4. The summed E-state index contributed by atoms with van der Waals surface area (Å²) in [6.07, 6.45) is 4.28. The van der Waals surface area contributed by atoms with E-state index in [1.54, 1.807) is 0 Å². The second-order valence-corrected chi connectivity index (χ2v) is 43.8. The fourth-order valence-electron chi connectivity index (χ4n) is 7.16. The van der Waals surface area contributed by atoms with E-state index in [-0.39, 0.29) is 44.5 Å². The molecule has 0 aliphatic carbocycles. The first-order valence-electron chi connectivity index (χ1n) is 23.7. The van der Waals surface area contributed by atoms with E-state index in [9.17, 15) is 0 Å². The fraction of sp³-hybridized carbons (Fsp3) is 0.875. The van der Waals surface area contributed by atoms with Gasteiger partial charge >= 0.3 is 0 Å². The van der Waals surface area contributed by atoms with Crippen LogP contribution in [-0.2, 0) is 29.0 Å². The van der Waals surface area contributed by atoms with Gasteiger partial charge in [-0.25, -0.2) is 0 Å². The summed E-state index contributed by atoms with van der Waals surface area (Å²) in [6, 6.07) is 7.05. The summed E-state index contributed by atoms with van der Waals surface area (Å²) in [5.41, 5.74) is 3.95. The Morgan fingerprint density at radius 1 is 0.633 bits per heavy atom. The van der Waals surface area contributed by atoms with Crippen molar-refractivity contribution >= 4 is 39.0 Å². The molecule has 3 unspecified atom stereocenters. The lowest BCUT2D eigenvalue weighted by Gasteiger charge is -2.56. The molecule has 12 heteroatoms. The smallest absolute Gasteiger partial charge is 0.192 e. The van der Waals surface area contributed by atoms with Crippen molar-refractivity contribution in [1.29, 1.82) is 0 Å². The van der Waals surface area contributed by atoms with Gasteiger partial charge in [-0.2, -0.15) is 0 Å². The molecule has 1 aromatic rings. The quantitative estimate of drug-likeness (QED) is 0.109. The van der Waals surface area contributed by atoms with E-state index in [1.165, 1.54) is 29.7 Å². The Kier molecular flexibility index (Phi) is 18.7. The van der Waals surface area contributed by atoms with E-state index in [1.807, 2.05) is 0 Å². The molecule has 0 radical (unpaired) electrons. The number of nitrogens with one attached hydrogen (secondary N) is 1. The van der Waals surface area contributed by atoms with Gasteiger partial charge in [0, 0.05) is 38.4 Å². The molecule has 8 nitrogen and oxygen atoms in total. The molecule has 2 saturated heterocycles. The van der Waals surface area contributed by atoms with Gasteiger partial charge in [0.1, 0.15) is 0 Å². The van der Waals surface area contributed by atoms with Gasteiger partial charge in [0.2, 0.25) is 0 Å². The molecule has 0 saturated carbocycles. The van der Waals surface area contributed by atoms with Crippen LogP contribution in [0.1, 0.15) is 120 Å². The second-order valence-electron chi connectivity index (χ2n) is 24.7. The molecule has 0 spiro atoms. The minimum Gasteiger partial charge on any atom is -0.415 e. The molecular weight excluding hydrogens is 811 g/mol. The van der Waals surface area contributed by atoms with Crippen molar-refractivity contribution in [3.8, 4) is 0 Å². The molecule has 3 rings (SSSR count). The van der Waals surface area contributed by atoms with Gasteiger partial charge in [0.15, 0.2) is 33.3 Å². The molecule has 0 aromatic heterocycles. The van der Waals surface area contributed by atoms with Crippen LogP contribution in [-0.4, -0.2) is 120 Å². The molecule has 350 valence electrons. The highest BCUT2D eigenvalue weighted by Gasteiger charge is 2.55. The van der Waals surface area contributed by atoms with E-state index >= 15 is 0 Å². The van der Waals surface area contributed by atoms with Crippen LogP contribution in [0.4, 0.5) is 5.69 Å². The summed E-state index contributed by atoms with van der Waals surface area (Å²) in [4.78, 5) is 5.23. The standard InChI is InChI=1S/C48H97N3O5Si4/c1-38-32-39(35-50-28-30-52-31-29-50)34-40(33-38)49-26-24-22-23-25-27-51-36-42(54-58(16,17)46(5,6)7)44(56-60(20,21)48(11,12)13)43(55-59(18,19)47(8,9)10)41(51)37-53-57(14,15)45(2,3)4/h32-34,41-44,49H,22-31,35-37H2,1-21H3/t41-,42?,43?,44?/m1/s1. The van der Waals surface area contributed by atoms with E-state index in [2.05, 4.69) is 176 Å². The Labute approximate surface area is 375 Å². The number of morpholine rings is 1. The van der Waals surface area contributed by atoms with E-state index in [0.717, 1.165) is 65.3 Å². The van der Waals surface area contributed by atoms with Crippen molar-refractivity contribution < 1.29 is 22.4 Å². The Bertz CT molecular complexity index is 1470. The van der Waals surface area contributed by atoms with E-state index < -0.39 is 33.3 Å². The average molecular weight is 909 g/mol. The third kappa shape index (κ3) is 15.1. The van der Waals surface area contributed by atoms with Crippen molar-refractivity contribution in [1.82, 2.24) is 9.80 Å². The van der Waals surface area contributed by atoms with Crippen LogP contribution in [0.2, 0.25) is 72.5 Å². The summed E-state index contributed by atoms with van der Waals surface area (Å²) >= 11 is 0. The van der Waals surface area contributed by atoms with Crippen molar-refractivity contribution in [3.63, 3.8) is 0 Å². The van der Waals surface area contributed by atoms with Crippen LogP contribution < -0.4 is 5.32 Å². The van der Waals surface area contributed by atoms with Crippen LogP contribution in [0.5, 0.6) is 0 Å². The van der Waals surface area contributed by atoms with Gasteiger partial charge < -0.3 is 27.8 Å². The predicted molar refractivity (Wildman–Crippen MR) is 269 cm³/mol. The van der Waals surface area contributed by atoms with Gasteiger partial charge in [-0.3, -0.25) is 9.80 Å². The average Bonchev–Trinajstić information content (AvgIpc) is 3.07. The van der Waals surface area contributed by atoms with Crippen molar-refractivity contribution in [2.45, 2.75) is 219 Å². The third-order valence-electron chi connectivity index (χ3n) is 15.4. The van der Waals surface area contributed by atoms with E-state index in [4.69, 9.17) is 22.4 Å². The first-order valence-corrected chi connectivity index (χ1v) is 35.4. The molecule has 2 aliphatic rings. The van der Waals surface area contributed by atoms with Gasteiger partial charge in [0.25, 0.3) is 0 Å². The maximum Gasteiger partial charge on any atom is 0.192 e. The number of aryl methyl sites for hydroxylation is 1. The number of nitrogens with zero attached hydrogens (tertiary/aromatic N) is 2. The van der Waals surface area contributed by atoms with Gasteiger partial charge in [0.05, 0.1) is 44.2 Å². The summed E-state index contributed by atoms with van der Waals surface area (Å²) in [7, 11) is -8.74. The fourth-order valence-corrected chi connectivity index (χ4v) is 12.1. The molecule has 2 aliphatic heterocycles. The zero-order valence-corrected chi connectivity index (χ0v) is 47.2. The number of rotatable bonds is 19. The number of anilines is 1. The Morgan fingerprint density at radius 2 is 1.13 bits per heavy atom. The molecule has 0 bridgehead atoms. The van der Waals surface area contributed by atoms with Gasteiger partial charge in [-0.15, -0.1) is 0 Å². The normalized spacial score (nSPS) is 22.7. The molecule has 2 fully saturated rings. The summed E-state index contributed by atoms with van der Waals surface area (Å²) in [6.45, 7) is 58.0. The summed E-state index contributed by atoms with van der Waals surface area (Å²) < 4.78 is 35.8. The Balaban J connectivity index is 1.91. The molecule has 1 aromatic carbocycles. The van der Waals surface area contributed by atoms with Crippen molar-refractivity contribution in [2.24, 2.45) is 0 Å². The maximum absolute atomic E-state index is 7.75. The number of unbranched alkanes of at least 4 members (excludes halogenated alkanes) is 3. The third-order valence-corrected chi connectivity index (χ3v) is 33.4. The van der Waals surface area contributed by atoms with Gasteiger partial charge in [-0.05, 0) is 122 Å². The number of hydrogen-bond donors (Lipinski definition) is 1. The zero-order chi connectivity index (χ0) is 45.8. The summed E-state index contributed by atoms with van der Waals surface area (Å²) in [5, 5.41) is 4.06. The largest absolute Gasteiger partial charge is 0.415 e. The minimum atomic E-state index is -2.26. The topological polar surface area (TPSA) is 64.7 Å². The maximum atomic E-state index is 7.75. The number of benzene rings is 1. The highest BCUT2D eigenvalue weighted by Crippen LogP contribution is 2.46. The van der Waals surface area contributed by atoms with Gasteiger partial charge in [-0.1, -0.05) is 102 Å². The van der Waals surface area contributed by atoms with Crippen molar-refractivity contribution in [3.05, 3.63) is 29.3 Å². The monoisotopic (exact) mass is 908 g/mol. The molecule has 1 N–H and O–H groups in total. The second kappa shape index (κ2) is 20.8. The lowest BCUT2D eigenvalue weighted by Crippen LogP contribution is -2.70. The highest BCUT2D eigenvalue weighted by atomic mass is 28.4. The number of likely N-dealkylation sites (tertiary alicyclic amines) is 1. The highest BCUT2D eigenvalue weighted by molar-refractivity contribution is 6.75. The Hall–Kier alpha value is -0.392. The minimum absolute atomic E-state index is 0.0498. The van der Waals surface area contributed by atoms with E-state index in [0.29, 0.717) is 6.61 Å². The lowest BCUT2D eigenvalue weighted by molar-refractivity contribution is -0.128. The Morgan fingerprint density at radius 3 is 1.67 bits per heavy atom. The zero-order valence-electron chi connectivity index (χ0n) is 43.2. The molecule has 4 atom stereocenters. The van der Waals surface area contributed by atoms with Crippen LogP contribution in [0.15, 0.2) is 18.2 Å². The first kappa shape index (κ1) is 53.9. The number of ether oxygens (including phenoxy) is 1. The summed E-state index contributed by atoms with van der Waals surface area (Å²) in [5.74, 6) is 0. The van der Waals surface area contributed by atoms with Crippen LogP contribution in [0.3, 0.4) is 0 Å². The molecule has 2 heterocycles. The first-order chi connectivity index (χ1) is 27.2. The SMILES string of the molecule is Cc1cc(CN2CCOCC2)cc(NCCCCCCN2CC(O[Si](C)(C)C(C)(C)C)C(O[Si](C)(C)C(C)(C)C)C(O[Si](C)(C)C(C)(C)C)[C@H]2CO[Si](C)(C)C(C)(C)C)c1. The van der Waals surface area contributed by atoms with Crippen LogP contribution in [0.25, 0.3) is 0 Å². The number of piperidine rings is 1. The molecule has 0 amide bonds. The number of hydrogen-bond acceptors (Lipinski definition) is 8. The predicted octanol–water partition coefficient (Wildman–Crippen LogP) is 12.7. The van der Waals surface area contributed by atoms with Crippen LogP contribution in [0, 0.1) is 6.92 Å². The van der Waals surface area contributed by atoms with Crippen LogP contribution >= 0.6 is 0 Å². The molecule has 60 heavy (non-hydrogen) atoms.